The number of hydrogen-bond donors (Lipinski definition) is 0. The van der Waals surface area contributed by atoms with E-state index in [-0.39, 0.29) is 0 Å². The third-order valence-electron chi connectivity index (χ3n) is 3.04. The van der Waals surface area contributed by atoms with Crippen molar-refractivity contribution in [3.8, 4) is 11.5 Å². The minimum Gasteiger partial charge on any atom is -0.497 e. The van der Waals surface area contributed by atoms with E-state index in [1.54, 1.807) is 7.11 Å². The molecule has 2 rings (SSSR count). The number of methoxy groups -OCH3 is 1. The molecular formula is C14H16Br2N2O2. The van der Waals surface area contributed by atoms with E-state index in [2.05, 4.69) is 37.0 Å². The summed E-state index contributed by atoms with van der Waals surface area (Å²) in [4.78, 5) is 0. The lowest BCUT2D eigenvalue weighted by Gasteiger charge is -2.12. The molecule has 0 aliphatic rings. The maximum absolute atomic E-state index is 5.93. The summed E-state index contributed by atoms with van der Waals surface area (Å²) in [5, 5.41) is 5.09. The molecule has 0 saturated heterocycles. The number of aromatic nitrogens is 2. The van der Waals surface area contributed by atoms with Gasteiger partial charge in [0.15, 0.2) is 0 Å². The van der Waals surface area contributed by atoms with Crippen LogP contribution in [0.15, 0.2) is 22.7 Å². The van der Waals surface area contributed by atoms with E-state index < -0.39 is 0 Å². The Balaban J connectivity index is 2.21. The fourth-order valence-corrected chi connectivity index (χ4v) is 2.80. The minimum atomic E-state index is 0.449. The van der Waals surface area contributed by atoms with Crippen LogP contribution in [0.2, 0.25) is 0 Å². The lowest BCUT2D eigenvalue weighted by atomic mass is 10.2. The van der Waals surface area contributed by atoms with Gasteiger partial charge in [-0.25, -0.2) is 0 Å². The molecule has 0 aliphatic carbocycles. The Morgan fingerprint density at radius 3 is 2.65 bits per heavy atom. The van der Waals surface area contributed by atoms with Gasteiger partial charge in [0.1, 0.15) is 18.1 Å². The molecule has 4 nitrogen and oxygen atoms in total. The van der Waals surface area contributed by atoms with E-state index >= 15 is 0 Å². The molecule has 1 aromatic heterocycles. The van der Waals surface area contributed by atoms with Gasteiger partial charge in [-0.1, -0.05) is 22.0 Å². The second kappa shape index (κ2) is 6.63. The van der Waals surface area contributed by atoms with E-state index in [9.17, 15) is 0 Å². The molecule has 6 heteroatoms. The van der Waals surface area contributed by atoms with Gasteiger partial charge in [0.25, 0.3) is 0 Å². The summed E-state index contributed by atoms with van der Waals surface area (Å²) >= 11 is 7.01. The molecule has 108 valence electrons. The highest BCUT2D eigenvalue weighted by Crippen LogP contribution is 2.28. The first-order valence-corrected chi connectivity index (χ1v) is 8.02. The molecule has 0 radical (unpaired) electrons. The predicted molar refractivity (Wildman–Crippen MR) is 85.6 cm³/mol. The molecular weight excluding hydrogens is 388 g/mol. The maximum atomic E-state index is 5.93. The second-order valence-electron chi connectivity index (χ2n) is 4.37. The summed E-state index contributed by atoms with van der Waals surface area (Å²) in [6.07, 6.45) is 0. The highest BCUT2D eigenvalue weighted by atomic mass is 79.9. The molecule has 1 heterocycles. The molecule has 20 heavy (non-hydrogen) atoms. The van der Waals surface area contributed by atoms with Crippen LogP contribution in [0.3, 0.4) is 0 Å². The van der Waals surface area contributed by atoms with Crippen LogP contribution in [0.4, 0.5) is 0 Å². The summed E-state index contributed by atoms with van der Waals surface area (Å²) in [7, 11) is 3.56. The van der Waals surface area contributed by atoms with Crippen molar-refractivity contribution in [1.29, 1.82) is 0 Å². The largest absolute Gasteiger partial charge is 0.497 e. The van der Waals surface area contributed by atoms with E-state index in [1.165, 1.54) is 0 Å². The van der Waals surface area contributed by atoms with Crippen molar-refractivity contribution >= 4 is 31.9 Å². The number of aryl methyl sites for hydroxylation is 2. The number of nitrogens with zero attached hydrogens (tertiary/aromatic N) is 2. The van der Waals surface area contributed by atoms with Crippen molar-refractivity contribution in [2.75, 3.05) is 7.11 Å². The van der Waals surface area contributed by atoms with E-state index in [1.807, 2.05) is 36.9 Å². The zero-order chi connectivity index (χ0) is 14.7. The number of benzene rings is 1. The van der Waals surface area contributed by atoms with Crippen molar-refractivity contribution in [3.05, 3.63) is 39.6 Å². The summed E-state index contributed by atoms with van der Waals surface area (Å²) in [5.41, 5.74) is 3.05. The SMILES string of the molecule is COc1ccc(CBr)c(OCc2c(Br)c(C)nn2C)c1. The molecule has 0 bridgehead atoms. The van der Waals surface area contributed by atoms with Crippen LogP contribution in [0.1, 0.15) is 17.0 Å². The predicted octanol–water partition coefficient (Wildman–Crippen LogP) is 3.97. The molecule has 1 aromatic carbocycles. The van der Waals surface area contributed by atoms with Crippen LogP contribution < -0.4 is 9.47 Å². The Labute approximate surface area is 135 Å². The maximum Gasteiger partial charge on any atom is 0.131 e. The molecule has 0 unspecified atom stereocenters. The third kappa shape index (κ3) is 3.17. The zero-order valence-electron chi connectivity index (χ0n) is 11.6. The lowest BCUT2D eigenvalue weighted by molar-refractivity contribution is 0.290. The van der Waals surface area contributed by atoms with Gasteiger partial charge in [0.2, 0.25) is 0 Å². The molecule has 0 saturated carbocycles. The van der Waals surface area contributed by atoms with Gasteiger partial charge >= 0.3 is 0 Å². The van der Waals surface area contributed by atoms with Crippen LogP contribution in [0.5, 0.6) is 11.5 Å². The van der Waals surface area contributed by atoms with Crippen molar-refractivity contribution in [3.63, 3.8) is 0 Å². The van der Waals surface area contributed by atoms with Crippen LogP contribution in [-0.4, -0.2) is 16.9 Å². The van der Waals surface area contributed by atoms with Crippen LogP contribution >= 0.6 is 31.9 Å². The summed E-state index contributed by atoms with van der Waals surface area (Å²) in [6.45, 7) is 2.41. The van der Waals surface area contributed by atoms with Crippen molar-refractivity contribution < 1.29 is 9.47 Å². The number of alkyl halides is 1. The van der Waals surface area contributed by atoms with Crippen molar-refractivity contribution in [2.24, 2.45) is 7.05 Å². The molecule has 0 amide bonds. The van der Waals surface area contributed by atoms with E-state index in [0.29, 0.717) is 6.61 Å². The van der Waals surface area contributed by atoms with Crippen LogP contribution in [0, 0.1) is 6.92 Å². The molecule has 0 fully saturated rings. The summed E-state index contributed by atoms with van der Waals surface area (Å²) < 4.78 is 14.0. The Morgan fingerprint density at radius 2 is 2.10 bits per heavy atom. The van der Waals surface area contributed by atoms with Crippen molar-refractivity contribution in [2.45, 2.75) is 18.9 Å². The van der Waals surface area contributed by atoms with Gasteiger partial charge in [-0.15, -0.1) is 0 Å². The monoisotopic (exact) mass is 402 g/mol. The number of ether oxygens (including phenoxy) is 2. The highest BCUT2D eigenvalue weighted by molar-refractivity contribution is 9.10. The Morgan fingerprint density at radius 1 is 1.35 bits per heavy atom. The molecule has 2 aromatic rings. The van der Waals surface area contributed by atoms with Gasteiger partial charge in [0, 0.05) is 24.0 Å². The standard InChI is InChI=1S/C14H16Br2N2O2/c1-9-14(16)12(18(2)17-9)8-20-13-6-11(19-3)5-4-10(13)7-15/h4-6H,7-8H2,1-3H3. The third-order valence-corrected chi connectivity index (χ3v) is 4.68. The number of rotatable bonds is 5. The van der Waals surface area contributed by atoms with Crippen LogP contribution in [-0.2, 0) is 19.0 Å². The van der Waals surface area contributed by atoms with Gasteiger partial charge in [0.05, 0.1) is 23.0 Å². The quantitative estimate of drug-likeness (QED) is 0.708. The van der Waals surface area contributed by atoms with Gasteiger partial charge in [-0.3, -0.25) is 4.68 Å². The molecule has 0 atom stereocenters. The average Bonchev–Trinajstić information content (AvgIpc) is 2.70. The first-order valence-electron chi connectivity index (χ1n) is 6.10. The Bertz CT molecular complexity index is 611. The number of halogens is 2. The normalized spacial score (nSPS) is 10.7. The highest BCUT2D eigenvalue weighted by Gasteiger charge is 2.12. The molecule has 0 N–H and O–H groups in total. The van der Waals surface area contributed by atoms with Crippen molar-refractivity contribution in [1.82, 2.24) is 9.78 Å². The molecule has 0 aliphatic heterocycles. The molecule has 0 spiro atoms. The average molecular weight is 404 g/mol. The topological polar surface area (TPSA) is 36.3 Å². The Hall–Kier alpha value is -1.01. The zero-order valence-corrected chi connectivity index (χ0v) is 14.8. The first-order chi connectivity index (χ1) is 9.56. The van der Waals surface area contributed by atoms with Gasteiger partial charge in [-0.2, -0.15) is 5.10 Å². The van der Waals surface area contributed by atoms with Gasteiger partial charge in [-0.05, 0) is 28.9 Å². The van der Waals surface area contributed by atoms with E-state index in [0.717, 1.165) is 38.3 Å². The van der Waals surface area contributed by atoms with E-state index in [4.69, 9.17) is 9.47 Å². The lowest BCUT2D eigenvalue weighted by Crippen LogP contribution is -2.05. The second-order valence-corrected chi connectivity index (χ2v) is 5.72. The minimum absolute atomic E-state index is 0.449. The smallest absolute Gasteiger partial charge is 0.131 e. The summed E-state index contributed by atoms with van der Waals surface area (Å²) in [5.74, 6) is 1.59. The first kappa shape index (κ1) is 15.4. The number of hydrogen-bond acceptors (Lipinski definition) is 3. The Kier molecular flexibility index (Phi) is 5.10. The summed E-state index contributed by atoms with van der Waals surface area (Å²) in [6, 6.07) is 5.81. The fourth-order valence-electron chi connectivity index (χ4n) is 1.89. The van der Waals surface area contributed by atoms with Crippen LogP contribution in [0.25, 0.3) is 0 Å². The van der Waals surface area contributed by atoms with Gasteiger partial charge < -0.3 is 9.47 Å². The fraction of sp³-hybridized carbons (Fsp3) is 0.357.